The minimum absolute atomic E-state index is 0.0992. The molecule has 33 heavy (non-hydrogen) atoms. The maximum absolute atomic E-state index is 13.2. The Hall–Kier alpha value is -3.12. The lowest BCUT2D eigenvalue weighted by Crippen LogP contribution is -2.36. The van der Waals surface area contributed by atoms with Gasteiger partial charge in [-0.25, -0.2) is 0 Å². The first-order valence-electron chi connectivity index (χ1n) is 11.7. The zero-order valence-electron chi connectivity index (χ0n) is 19.0. The minimum Gasteiger partial charge on any atom is -0.507 e. The fourth-order valence-corrected chi connectivity index (χ4v) is 4.98. The predicted octanol–water partition coefficient (Wildman–Crippen LogP) is 4.35. The van der Waals surface area contributed by atoms with Crippen molar-refractivity contribution in [2.75, 3.05) is 19.8 Å². The van der Waals surface area contributed by atoms with Gasteiger partial charge in [0.1, 0.15) is 11.5 Å². The van der Waals surface area contributed by atoms with E-state index in [9.17, 15) is 14.7 Å². The Kier molecular flexibility index (Phi) is 5.71. The summed E-state index contributed by atoms with van der Waals surface area (Å²) in [6.07, 6.45) is 2.45. The number of nitrogens with zero attached hydrogens (tertiary/aromatic N) is 1. The monoisotopic (exact) mass is 447 g/mol. The molecule has 5 rings (SSSR count). The van der Waals surface area contributed by atoms with Crippen LogP contribution in [0.25, 0.3) is 5.76 Å². The van der Waals surface area contributed by atoms with Crippen molar-refractivity contribution in [3.63, 3.8) is 0 Å². The molecular weight excluding hydrogens is 418 g/mol. The second-order valence-corrected chi connectivity index (χ2v) is 9.33. The summed E-state index contributed by atoms with van der Waals surface area (Å²) in [5.41, 5.74) is 3.63. The number of amides is 1. The number of ether oxygens (including phenoxy) is 2. The minimum atomic E-state index is -0.653. The van der Waals surface area contributed by atoms with Gasteiger partial charge >= 0.3 is 0 Å². The molecule has 1 N–H and O–H groups in total. The van der Waals surface area contributed by atoms with Gasteiger partial charge in [-0.15, -0.1) is 0 Å². The number of Topliss-reactive ketones (excluding diaryl/α,β-unsaturated/α-hetero) is 1. The average Bonchev–Trinajstić information content (AvgIpc) is 3.55. The Balaban J connectivity index is 1.59. The fraction of sp³-hybridized carbons (Fsp3) is 0.407. The predicted molar refractivity (Wildman–Crippen MR) is 124 cm³/mol. The molecule has 6 heteroatoms. The first-order valence-corrected chi connectivity index (χ1v) is 11.7. The van der Waals surface area contributed by atoms with Crippen LogP contribution in [0.4, 0.5) is 0 Å². The highest BCUT2D eigenvalue weighted by molar-refractivity contribution is 6.46. The molecule has 6 nitrogen and oxygen atoms in total. The van der Waals surface area contributed by atoms with E-state index in [0.29, 0.717) is 31.2 Å². The molecule has 0 aliphatic carbocycles. The molecule has 0 saturated carbocycles. The second-order valence-electron chi connectivity index (χ2n) is 9.33. The summed E-state index contributed by atoms with van der Waals surface area (Å²) in [4.78, 5) is 27.9. The number of carbonyl (C=O) groups excluding carboxylic acids is 2. The number of benzene rings is 2. The van der Waals surface area contributed by atoms with Crippen LogP contribution >= 0.6 is 0 Å². The van der Waals surface area contributed by atoms with E-state index in [1.165, 1.54) is 5.56 Å². The van der Waals surface area contributed by atoms with Crippen LogP contribution in [-0.4, -0.2) is 47.6 Å². The summed E-state index contributed by atoms with van der Waals surface area (Å²) in [6.45, 7) is 5.84. The Morgan fingerprint density at radius 3 is 2.61 bits per heavy atom. The molecule has 2 fully saturated rings. The van der Waals surface area contributed by atoms with Crippen LogP contribution in [-0.2, 0) is 20.7 Å². The van der Waals surface area contributed by atoms with Gasteiger partial charge in [-0.1, -0.05) is 38.1 Å². The number of hydrogen-bond donors (Lipinski definition) is 1. The number of likely N-dealkylation sites (tertiary alicyclic amines) is 1. The van der Waals surface area contributed by atoms with Crippen molar-refractivity contribution in [1.29, 1.82) is 0 Å². The molecule has 2 atom stereocenters. The lowest BCUT2D eigenvalue weighted by molar-refractivity contribution is -0.140. The Labute approximate surface area is 193 Å². The second kappa shape index (κ2) is 8.67. The van der Waals surface area contributed by atoms with Gasteiger partial charge in [0.2, 0.25) is 0 Å². The zero-order valence-corrected chi connectivity index (χ0v) is 19.0. The van der Waals surface area contributed by atoms with Gasteiger partial charge < -0.3 is 19.5 Å². The normalized spacial score (nSPS) is 23.9. The van der Waals surface area contributed by atoms with Crippen LogP contribution in [0.3, 0.4) is 0 Å². The van der Waals surface area contributed by atoms with E-state index in [4.69, 9.17) is 9.47 Å². The van der Waals surface area contributed by atoms with Crippen LogP contribution in [0.5, 0.6) is 5.75 Å². The van der Waals surface area contributed by atoms with E-state index < -0.39 is 17.7 Å². The van der Waals surface area contributed by atoms with Gasteiger partial charge in [-0.05, 0) is 53.6 Å². The van der Waals surface area contributed by atoms with Crippen LogP contribution < -0.4 is 4.74 Å². The number of hydrogen-bond acceptors (Lipinski definition) is 5. The molecule has 1 amide bonds. The molecule has 2 unspecified atom stereocenters. The van der Waals surface area contributed by atoms with E-state index in [-0.39, 0.29) is 17.4 Å². The van der Waals surface area contributed by atoms with Gasteiger partial charge in [-0.3, -0.25) is 9.59 Å². The summed E-state index contributed by atoms with van der Waals surface area (Å²) < 4.78 is 11.3. The Morgan fingerprint density at radius 1 is 1.12 bits per heavy atom. The maximum atomic E-state index is 13.2. The topological polar surface area (TPSA) is 76.1 Å². The van der Waals surface area contributed by atoms with Crippen LogP contribution in [0.2, 0.25) is 0 Å². The summed E-state index contributed by atoms with van der Waals surface area (Å²) >= 11 is 0. The molecule has 0 aromatic heterocycles. The highest BCUT2D eigenvalue weighted by atomic mass is 16.5. The maximum Gasteiger partial charge on any atom is 0.295 e. The third-order valence-electron chi connectivity index (χ3n) is 6.85. The number of fused-ring (bicyclic) bond motifs is 1. The summed E-state index contributed by atoms with van der Waals surface area (Å²) in [5.74, 6) is -0.220. The molecule has 3 aliphatic heterocycles. The quantitative estimate of drug-likeness (QED) is 0.419. The van der Waals surface area contributed by atoms with Crippen molar-refractivity contribution in [2.45, 2.75) is 51.2 Å². The molecule has 3 heterocycles. The Morgan fingerprint density at radius 2 is 1.91 bits per heavy atom. The molecule has 0 bridgehead atoms. The van der Waals surface area contributed by atoms with Crippen molar-refractivity contribution in [1.82, 2.24) is 4.90 Å². The fourth-order valence-electron chi connectivity index (χ4n) is 4.98. The summed E-state index contributed by atoms with van der Waals surface area (Å²) in [6, 6.07) is 12.7. The zero-order chi connectivity index (χ0) is 23.1. The highest BCUT2D eigenvalue weighted by Gasteiger charge is 2.47. The third-order valence-corrected chi connectivity index (χ3v) is 6.85. The molecule has 3 aliphatic rings. The van der Waals surface area contributed by atoms with E-state index in [1.54, 1.807) is 11.0 Å². The SMILES string of the molecule is CC(C)c1ccc(C2/C(=C(/O)c3ccc4c(c3)CCO4)C(=O)C(=O)N2CC2CCCO2)cc1. The van der Waals surface area contributed by atoms with E-state index in [2.05, 4.69) is 13.8 Å². The van der Waals surface area contributed by atoms with Gasteiger partial charge in [0.05, 0.1) is 24.3 Å². The smallest absolute Gasteiger partial charge is 0.295 e. The molecule has 2 saturated heterocycles. The van der Waals surface area contributed by atoms with Gasteiger partial charge in [0, 0.05) is 25.1 Å². The molecule has 0 spiro atoms. The van der Waals surface area contributed by atoms with Crippen LogP contribution in [0.1, 0.15) is 60.9 Å². The third kappa shape index (κ3) is 3.93. The largest absolute Gasteiger partial charge is 0.507 e. The van der Waals surface area contributed by atoms with Gasteiger partial charge in [-0.2, -0.15) is 0 Å². The van der Waals surface area contributed by atoms with Gasteiger partial charge in [0.25, 0.3) is 11.7 Å². The molecule has 2 aromatic rings. The number of aliphatic hydroxyl groups is 1. The van der Waals surface area contributed by atoms with Crippen molar-refractivity contribution in [3.05, 3.63) is 70.3 Å². The lowest BCUT2D eigenvalue weighted by Gasteiger charge is -2.27. The lowest BCUT2D eigenvalue weighted by atomic mass is 9.92. The number of aliphatic hydroxyl groups excluding tert-OH is 1. The first kappa shape index (κ1) is 21.7. The summed E-state index contributed by atoms with van der Waals surface area (Å²) in [5, 5.41) is 11.3. The molecular formula is C27H29NO5. The molecule has 172 valence electrons. The van der Waals surface area contributed by atoms with Crippen molar-refractivity contribution in [2.24, 2.45) is 0 Å². The van der Waals surface area contributed by atoms with Crippen LogP contribution in [0.15, 0.2) is 48.0 Å². The molecule has 0 radical (unpaired) electrons. The van der Waals surface area contributed by atoms with Crippen molar-refractivity contribution in [3.8, 4) is 5.75 Å². The van der Waals surface area contributed by atoms with E-state index in [0.717, 1.165) is 36.1 Å². The standard InChI is InChI=1S/C27H29NO5/c1-16(2)17-5-7-18(8-6-17)24-23(25(29)20-9-10-22-19(14-20)11-13-33-22)26(30)27(31)28(24)15-21-4-3-12-32-21/h5-10,14,16,21,24,29H,3-4,11-13,15H2,1-2H3/b25-23-. The van der Waals surface area contributed by atoms with Crippen molar-refractivity contribution >= 4 is 17.4 Å². The number of ketones is 1. The Bertz CT molecular complexity index is 1110. The highest BCUT2D eigenvalue weighted by Crippen LogP contribution is 2.41. The van der Waals surface area contributed by atoms with Gasteiger partial charge in [0.15, 0.2) is 0 Å². The number of carbonyl (C=O) groups is 2. The molecule has 2 aromatic carbocycles. The van der Waals surface area contributed by atoms with E-state index in [1.807, 2.05) is 36.4 Å². The van der Waals surface area contributed by atoms with Crippen LogP contribution in [0, 0.1) is 0 Å². The van der Waals surface area contributed by atoms with E-state index >= 15 is 0 Å². The average molecular weight is 448 g/mol. The summed E-state index contributed by atoms with van der Waals surface area (Å²) in [7, 11) is 0. The van der Waals surface area contributed by atoms with Crippen molar-refractivity contribution < 1.29 is 24.2 Å². The number of rotatable bonds is 5. The first-order chi connectivity index (χ1) is 15.9.